The number of carbonyl (C=O) groups excluding carboxylic acids is 1. The molecule has 0 unspecified atom stereocenters. The molecule has 2 aliphatic rings. The molecule has 0 spiro atoms. The third kappa shape index (κ3) is 4.17. The van der Waals surface area contributed by atoms with Crippen LogP contribution in [0.2, 0.25) is 0 Å². The third-order valence-corrected chi connectivity index (χ3v) is 5.04. The average molecular weight is 367 g/mol. The Labute approximate surface area is 159 Å². The molecule has 6 heteroatoms. The minimum absolute atomic E-state index is 0.152. The Morgan fingerprint density at radius 3 is 2.67 bits per heavy atom. The molecule has 142 valence electrons. The lowest BCUT2D eigenvalue weighted by molar-refractivity contribution is -0.130. The molecule has 1 amide bonds. The first-order valence-corrected chi connectivity index (χ1v) is 9.38. The van der Waals surface area contributed by atoms with Crippen LogP contribution in [0.4, 0.5) is 5.69 Å². The van der Waals surface area contributed by atoms with Crippen LogP contribution in [0.3, 0.4) is 0 Å². The van der Waals surface area contributed by atoms with Gasteiger partial charge in [-0.15, -0.1) is 0 Å². The molecule has 1 N–H and O–H groups in total. The van der Waals surface area contributed by atoms with Gasteiger partial charge in [0.2, 0.25) is 12.7 Å². The van der Waals surface area contributed by atoms with Crippen molar-refractivity contribution in [3.63, 3.8) is 0 Å². The molecule has 0 bridgehead atoms. The van der Waals surface area contributed by atoms with E-state index in [0.29, 0.717) is 13.1 Å². The van der Waals surface area contributed by atoms with Crippen LogP contribution in [-0.4, -0.2) is 50.3 Å². The molecule has 0 atom stereocenters. The maximum atomic E-state index is 12.5. The summed E-state index contributed by atoms with van der Waals surface area (Å²) in [6.45, 7) is 6.63. The number of anilines is 1. The van der Waals surface area contributed by atoms with Crippen LogP contribution in [-0.2, 0) is 11.3 Å². The van der Waals surface area contributed by atoms with Crippen molar-refractivity contribution in [2.24, 2.45) is 0 Å². The van der Waals surface area contributed by atoms with Crippen molar-refractivity contribution in [2.45, 2.75) is 13.5 Å². The number of benzene rings is 2. The summed E-state index contributed by atoms with van der Waals surface area (Å²) in [5.41, 5.74) is 3.58. The molecule has 6 nitrogen and oxygen atoms in total. The van der Waals surface area contributed by atoms with E-state index < -0.39 is 0 Å². The molecule has 27 heavy (non-hydrogen) atoms. The highest BCUT2D eigenvalue weighted by Crippen LogP contribution is 2.32. The minimum atomic E-state index is 0.152. The molecule has 0 aliphatic carbocycles. The van der Waals surface area contributed by atoms with Crippen LogP contribution in [0, 0.1) is 6.92 Å². The van der Waals surface area contributed by atoms with Gasteiger partial charge in [-0.25, -0.2) is 0 Å². The van der Waals surface area contributed by atoms with Gasteiger partial charge in [-0.2, -0.15) is 0 Å². The van der Waals surface area contributed by atoms with Crippen LogP contribution in [0.5, 0.6) is 11.5 Å². The molecular formula is C21H25N3O3. The molecule has 0 radical (unpaired) electrons. The number of aryl methyl sites for hydroxylation is 1. The Morgan fingerprint density at radius 2 is 1.85 bits per heavy atom. The molecule has 2 heterocycles. The SMILES string of the molecule is Cc1cccc(N2CCN(C(=O)CNCc3ccc4c(c3)OCO4)CC2)c1. The molecule has 1 fully saturated rings. The van der Waals surface area contributed by atoms with Gasteiger partial charge in [0.1, 0.15) is 0 Å². The highest BCUT2D eigenvalue weighted by molar-refractivity contribution is 5.78. The van der Waals surface area contributed by atoms with Crippen LogP contribution in [0.15, 0.2) is 42.5 Å². The van der Waals surface area contributed by atoms with Gasteiger partial charge in [0, 0.05) is 38.4 Å². The number of ether oxygens (including phenoxy) is 2. The fourth-order valence-electron chi connectivity index (χ4n) is 3.52. The van der Waals surface area contributed by atoms with Gasteiger partial charge in [0.15, 0.2) is 11.5 Å². The van der Waals surface area contributed by atoms with E-state index in [1.54, 1.807) is 0 Å². The lowest BCUT2D eigenvalue weighted by Gasteiger charge is -2.36. The number of carbonyl (C=O) groups is 1. The fraction of sp³-hybridized carbons (Fsp3) is 0.381. The van der Waals surface area contributed by atoms with E-state index in [1.807, 2.05) is 23.1 Å². The van der Waals surface area contributed by atoms with E-state index in [-0.39, 0.29) is 12.7 Å². The molecule has 0 saturated carbocycles. The number of piperazine rings is 1. The van der Waals surface area contributed by atoms with Crippen LogP contribution >= 0.6 is 0 Å². The zero-order valence-corrected chi connectivity index (χ0v) is 15.6. The summed E-state index contributed by atoms with van der Waals surface area (Å²) in [7, 11) is 0. The summed E-state index contributed by atoms with van der Waals surface area (Å²) in [6.07, 6.45) is 0. The zero-order valence-electron chi connectivity index (χ0n) is 15.6. The smallest absolute Gasteiger partial charge is 0.236 e. The van der Waals surface area contributed by atoms with Crippen molar-refractivity contribution in [3.05, 3.63) is 53.6 Å². The maximum absolute atomic E-state index is 12.5. The molecule has 2 aromatic rings. The number of nitrogens with one attached hydrogen (secondary N) is 1. The number of fused-ring (bicyclic) bond motifs is 1. The van der Waals surface area contributed by atoms with Crippen LogP contribution < -0.4 is 19.7 Å². The van der Waals surface area contributed by atoms with E-state index in [1.165, 1.54) is 11.3 Å². The quantitative estimate of drug-likeness (QED) is 0.878. The van der Waals surface area contributed by atoms with Gasteiger partial charge in [-0.1, -0.05) is 18.2 Å². The average Bonchev–Trinajstić information content (AvgIpc) is 3.16. The summed E-state index contributed by atoms with van der Waals surface area (Å²) >= 11 is 0. The van der Waals surface area contributed by atoms with Crippen molar-refractivity contribution in [3.8, 4) is 11.5 Å². The highest BCUT2D eigenvalue weighted by atomic mass is 16.7. The number of hydrogen-bond donors (Lipinski definition) is 1. The van der Waals surface area contributed by atoms with E-state index in [9.17, 15) is 4.79 Å². The first-order valence-electron chi connectivity index (χ1n) is 9.38. The topological polar surface area (TPSA) is 54.0 Å². The van der Waals surface area contributed by atoms with Crippen molar-refractivity contribution in [2.75, 3.05) is 44.4 Å². The van der Waals surface area contributed by atoms with Gasteiger partial charge >= 0.3 is 0 Å². The van der Waals surface area contributed by atoms with E-state index in [4.69, 9.17) is 9.47 Å². The van der Waals surface area contributed by atoms with E-state index in [2.05, 4.69) is 41.4 Å². The largest absolute Gasteiger partial charge is 0.454 e. The van der Waals surface area contributed by atoms with Gasteiger partial charge in [-0.05, 0) is 42.3 Å². The second-order valence-electron chi connectivity index (χ2n) is 7.00. The van der Waals surface area contributed by atoms with Gasteiger partial charge in [0.25, 0.3) is 0 Å². The predicted octanol–water partition coefficient (Wildman–Crippen LogP) is 2.16. The third-order valence-electron chi connectivity index (χ3n) is 5.04. The van der Waals surface area contributed by atoms with Crippen LogP contribution in [0.25, 0.3) is 0 Å². The molecule has 0 aromatic heterocycles. The zero-order chi connectivity index (χ0) is 18.6. The van der Waals surface area contributed by atoms with Gasteiger partial charge in [-0.3, -0.25) is 4.79 Å². The second-order valence-corrected chi connectivity index (χ2v) is 7.00. The molecule has 2 aliphatic heterocycles. The van der Waals surface area contributed by atoms with Crippen molar-refractivity contribution < 1.29 is 14.3 Å². The second kappa shape index (κ2) is 7.88. The van der Waals surface area contributed by atoms with E-state index in [0.717, 1.165) is 43.2 Å². The van der Waals surface area contributed by atoms with E-state index >= 15 is 0 Å². The number of nitrogens with zero attached hydrogens (tertiary/aromatic N) is 2. The Bertz CT molecular complexity index is 816. The predicted molar refractivity (Wildman–Crippen MR) is 104 cm³/mol. The van der Waals surface area contributed by atoms with Gasteiger partial charge < -0.3 is 24.6 Å². The number of hydrogen-bond acceptors (Lipinski definition) is 5. The Morgan fingerprint density at radius 1 is 1.04 bits per heavy atom. The van der Waals surface area contributed by atoms with Gasteiger partial charge in [0.05, 0.1) is 6.54 Å². The van der Waals surface area contributed by atoms with Crippen molar-refractivity contribution >= 4 is 11.6 Å². The van der Waals surface area contributed by atoms with Crippen molar-refractivity contribution in [1.82, 2.24) is 10.2 Å². The standard InChI is InChI=1S/C21H25N3O3/c1-16-3-2-4-18(11-16)23-7-9-24(10-8-23)21(25)14-22-13-17-5-6-19-20(12-17)27-15-26-19/h2-6,11-12,22H,7-10,13-15H2,1H3. The number of amides is 1. The summed E-state index contributed by atoms with van der Waals surface area (Å²) in [4.78, 5) is 16.8. The maximum Gasteiger partial charge on any atom is 0.236 e. The molecule has 1 saturated heterocycles. The Hall–Kier alpha value is -2.73. The lowest BCUT2D eigenvalue weighted by Crippen LogP contribution is -2.50. The summed E-state index contributed by atoms with van der Waals surface area (Å²) in [5.74, 6) is 1.70. The Kier molecular flexibility index (Phi) is 5.16. The minimum Gasteiger partial charge on any atom is -0.454 e. The van der Waals surface area contributed by atoms with Crippen molar-refractivity contribution in [1.29, 1.82) is 0 Å². The monoisotopic (exact) mass is 367 g/mol. The summed E-state index contributed by atoms with van der Waals surface area (Å²) in [5, 5.41) is 3.24. The van der Waals surface area contributed by atoms with Crippen LogP contribution in [0.1, 0.15) is 11.1 Å². The number of rotatable bonds is 5. The Balaban J connectivity index is 1.23. The lowest BCUT2D eigenvalue weighted by atomic mass is 10.2. The molecule has 4 rings (SSSR count). The summed E-state index contributed by atoms with van der Waals surface area (Å²) in [6, 6.07) is 14.4. The highest BCUT2D eigenvalue weighted by Gasteiger charge is 2.21. The first-order chi connectivity index (χ1) is 13.2. The molecular weight excluding hydrogens is 342 g/mol. The first kappa shape index (κ1) is 17.7. The summed E-state index contributed by atoms with van der Waals surface area (Å²) < 4.78 is 10.7. The fourth-order valence-corrected chi connectivity index (χ4v) is 3.52. The molecule has 2 aromatic carbocycles. The normalized spacial score (nSPS) is 15.9.